The van der Waals surface area contributed by atoms with E-state index >= 15 is 0 Å². The van der Waals surface area contributed by atoms with Crippen LogP contribution in [0.3, 0.4) is 0 Å². The second-order valence-electron chi connectivity index (χ2n) is 7.80. The zero-order valence-electron chi connectivity index (χ0n) is 19.6. The quantitative estimate of drug-likeness (QED) is 0.324. The van der Waals surface area contributed by atoms with Gasteiger partial charge in [-0.2, -0.15) is 5.10 Å². The smallest absolute Gasteiger partial charge is 0.281 e. The van der Waals surface area contributed by atoms with E-state index in [0.717, 1.165) is 0 Å². The van der Waals surface area contributed by atoms with Crippen LogP contribution in [0.5, 0.6) is 5.75 Å². The maximum absolute atomic E-state index is 13.2. The predicted octanol–water partition coefficient (Wildman–Crippen LogP) is 4.25. The van der Waals surface area contributed by atoms with Crippen LogP contribution < -0.4 is 10.1 Å². The van der Waals surface area contributed by atoms with Gasteiger partial charge in [0.1, 0.15) is 5.82 Å². The summed E-state index contributed by atoms with van der Waals surface area (Å²) in [6.45, 7) is 10.1. The van der Waals surface area contributed by atoms with Crippen LogP contribution in [0, 0.1) is 5.82 Å². The van der Waals surface area contributed by atoms with E-state index in [1.807, 2.05) is 32.6 Å². The third-order valence-electron chi connectivity index (χ3n) is 4.63. The number of hydrogen-bond donors (Lipinski definition) is 1. The molecule has 2 heterocycles. The minimum atomic E-state index is -0.515. The number of rotatable bonds is 10. The van der Waals surface area contributed by atoms with Crippen molar-refractivity contribution in [3.8, 4) is 11.4 Å². The molecule has 2 aromatic heterocycles. The van der Waals surface area contributed by atoms with Crippen LogP contribution in [0.15, 0.2) is 34.8 Å². The number of carbonyl (C=O) groups excluding carboxylic acids is 2. The molecule has 0 bridgehead atoms. The van der Waals surface area contributed by atoms with Crippen molar-refractivity contribution < 1.29 is 18.7 Å². The molecule has 1 N–H and O–H groups in total. The van der Waals surface area contributed by atoms with E-state index in [0.29, 0.717) is 16.6 Å². The van der Waals surface area contributed by atoms with Gasteiger partial charge in [0.25, 0.3) is 5.91 Å². The summed E-state index contributed by atoms with van der Waals surface area (Å²) >= 11 is 2.45. The first-order chi connectivity index (χ1) is 16.2. The second-order valence-corrected chi connectivity index (χ2v) is 10.0. The van der Waals surface area contributed by atoms with E-state index in [1.54, 1.807) is 25.3 Å². The minimum absolute atomic E-state index is 0.0171. The second kappa shape index (κ2) is 11.4. The van der Waals surface area contributed by atoms with Crippen LogP contribution >= 0.6 is 23.1 Å². The highest BCUT2D eigenvalue weighted by Crippen LogP contribution is 2.27. The monoisotopic (exact) mass is 506 g/mol. The molecular formula is C22H27FN6O3S2. The minimum Gasteiger partial charge on any atom is -0.490 e. The summed E-state index contributed by atoms with van der Waals surface area (Å²) in [5, 5.41) is 15.3. The molecule has 2 amide bonds. The van der Waals surface area contributed by atoms with Gasteiger partial charge in [0.05, 0.1) is 24.2 Å². The van der Waals surface area contributed by atoms with Crippen molar-refractivity contribution in [1.29, 1.82) is 0 Å². The Morgan fingerprint density at radius 3 is 2.47 bits per heavy atom. The SMILES string of the molecule is CCOc1cn(-c2ccc(F)cc2)nc1C(=O)Nc1nnc(SCC(=O)N(C(C)C)C(C)C)s1. The first-order valence-electron chi connectivity index (χ1n) is 10.8. The van der Waals surface area contributed by atoms with Crippen molar-refractivity contribution in [2.75, 3.05) is 17.7 Å². The normalized spacial score (nSPS) is 11.2. The lowest BCUT2D eigenvalue weighted by molar-refractivity contribution is -0.131. The molecule has 3 rings (SSSR count). The summed E-state index contributed by atoms with van der Waals surface area (Å²) in [5.74, 6) is -0.347. The van der Waals surface area contributed by atoms with E-state index in [4.69, 9.17) is 4.74 Å². The first-order valence-corrected chi connectivity index (χ1v) is 12.6. The van der Waals surface area contributed by atoms with Gasteiger partial charge in [-0.15, -0.1) is 10.2 Å². The van der Waals surface area contributed by atoms with Gasteiger partial charge in [0, 0.05) is 12.1 Å². The summed E-state index contributed by atoms with van der Waals surface area (Å²) in [5.41, 5.74) is 0.646. The lowest BCUT2D eigenvalue weighted by atomic mass is 10.2. The molecule has 1 aromatic carbocycles. The van der Waals surface area contributed by atoms with Gasteiger partial charge in [-0.25, -0.2) is 9.07 Å². The maximum atomic E-state index is 13.2. The van der Waals surface area contributed by atoms with Gasteiger partial charge in [-0.3, -0.25) is 14.9 Å². The van der Waals surface area contributed by atoms with Crippen LogP contribution in [0.25, 0.3) is 5.69 Å². The average Bonchev–Trinajstić information content (AvgIpc) is 3.39. The number of aromatic nitrogens is 4. The van der Waals surface area contributed by atoms with Gasteiger partial charge in [-0.05, 0) is 58.9 Å². The Bertz CT molecular complexity index is 1120. The number of ether oxygens (including phenoxy) is 1. The molecule has 0 spiro atoms. The Hall–Kier alpha value is -2.99. The van der Waals surface area contributed by atoms with Crippen molar-refractivity contribution in [1.82, 2.24) is 24.9 Å². The van der Waals surface area contributed by atoms with Gasteiger partial charge in [-0.1, -0.05) is 23.1 Å². The van der Waals surface area contributed by atoms with Crippen LogP contribution in [0.4, 0.5) is 9.52 Å². The molecule has 0 saturated carbocycles. The molecule has 0 radical (unpaired) electrons. The molecule has 3 aromatic rings. The fraction of sp³-hybridized carbons (Fsp3) is 0.409. The van der Waals surface area contributed by atoms with E-state index in [9.17, 15) is 14.0 Å². The zero-order valence-corrected chi connectivity index (χ0v) is 21.2. The number of halogens is 1. The van der Waals surface area contributed by atoms with Crippen molar-refractivity contribution in [3.05, 3.63) is 42.0 Å². The molecule has 182 valence electrons. The summed E-state index contributed by atoms with van der Waals surface area (Å²) in [4.78, 5) is 27.2. The molecule has 0 atom stereocenters. The van der Waals surface area contributed by atoms with Gasteiger partial charge >= 0.3 is 0 Å². The largest absolute Gasteiger partial charge is 0.490 e. The van der Waals surface area contributed by atoms with Crippen molar-refractivity contribution in [2.24, 2.45) is 0 Å². The van der Waals surface area contributed by atoms with Crippen molar-refractivity contribution >= 4 is 40.0 Å². The maximum Gasteiger partial charge on any atom is 0.281 e. The number of hydrogen-bond acceptors (Lipinski definition) is 8. The van der Waals surface area contributed by atoms with Crippen molar-refractivity contribution in [3.63, 3.8) is 0 Å². The van der Waals surface area contributed by atoms with Gasteiger partial charge in [0.2, 0.25) is 11.0 Å². The Kier molecular flexibility index (Phi) is 8.61. The predicted molar refractivity (Wildman–Crippen MR) is 130 cm³/mol. The summed E-state index contributed by atoms with van der Waals surface area (Å²) in [6.07, 6.45) is 1.56. The molecule has 0 aliphatic carbocycles. The van der Waals surface area contributed by atoms with E-state index in [-0.39, 0.29) is 46.1 Å². The molecule has 12 heteroatoms. The highest BCUT2D eigenvalue weighted by molar-refractivity contribution is 8.01. The zero-order chi connectivity index (χ0) is 24.8. The molecule has 0 aliphatic rings. The molecule has 34 heavy (non-hydrogen) atoms. The van der Waals surface area contributed by atoms with E-state index in [1.165, 1.54) is 39.9 Å². The number of carbonyl (C=O) groups is 2. The number of thioether (sulfide) groups is 1. The third-order valence-corrected chi connectivity index (χ3v) is 6.59. The van der Waals surface area contributed by atoms with E-state index in [2.05, 4.69) is 20.6 Å². The number of nitrogens with one attached hydrogen (secondary N) is 1. The van der Waals surface area contributed by atoms with E-state index < -0.39 is 5.91 Å². The first kappa shape index (κ1) is 25.6. The summed E-state index contributed by atoms with van der Waals surface area (Å²) in [7, 11) is 0. The van der Waals surface area contributed by atoms with Crippen LogP contribution in [0.1, 0.15) is 45.1 Å². The number of anilines is 1. The molecular weight excluding hydrogens is 479 g/mol. The van der Waals surface area contributed by atoms with Crippen molar-refractivity contribution in [2.45, 2.75) is 51.0 Å². The fourth-order valence-corrected chi connectivity index (χ4v) is 4.96. The molecule has 0 unspecified atom stereocenters. The Morgan fingerprint density at radius 1 is 1.18 bits per heavy atom. The Labute approximate surface area is 205 Å². The fourth-order valence-electron chi connectivity index (χ4n) is 3.35. The summed E-state index contributed by atoms with van der Waals surface area (Å²) < 4.78 is 20.8. The highest BCUT2D eigenvalue weighted by Gasteiger charge is 2.22. The molecule has 0 fully saturated rings. The molecule has 0 saturated heterocycles. The highest BCUT2D eigenvalue weighted by atomic mass is 32.2. The topological polar surface area (TPSA) is 102 Å². The Morgan fingerprint density at radius 2 is 1.85 bits per heavy atom. The number of amides is 2. The molecule has 9 nitrogen and oxygen atoms in total. The Balaban J connectivity index is 1.68. The van der Waals surface area contributed by atoms with Crippen LogP contribution in [-0.4, -0.2) is 61.1 Å². The summed E-state index contributed by atoms with van der Waals surface area (Å²) in [6, 6.07) is 5.93. The number of benzene rings is 1. The number of nitrogens with zero attached hydrogens (tertiary/aromatic N) is 5. The standard InChI is InChI=1S/C22H27FN6O3S2/c1-6-32-17-11-28(16-9-7-15(23)8-10-16)27-19(17)20(31)24-21-25-26-22(34-21)33-12-18(30)29(13(2)3)14(4)5/h7-11,13-14H,6,12H2,1-5H3,(H,24,25,31). The van der Waals surface area contributed by atoms with Crippen LogP contribution in [0.2, 0.25) is 0 Å². The molecule has 0 aliphatic heterocycles. The lowest BCUT2D eigenvalue weighted by Gasteiger charge is -2.30. The average molecular weight is 507 g/mol. The van der Waals surface area contributed by atoms with Gasteiger partial charge < -0.3 is 9.64 Å². The van der Waals surface area contributed by atoms with Gasteiger partial charge in [0.15, 0.2) is 15.8 Å². The lowest BCUT2D eigenvalue weighted by Crippen LogP contribution is -2.43. The van der Waals surface area contributed by atoms with Crippen LogP contribution in [-0.2, 0) is 4.79 Å². The third kappa shape index (κ3) is 6.32.